The number of H-pyrrole nitrogens is 1. The monoisotopic (exact) mass is 476 g/mol. The third-order valence-electron chi connectivity index (χ3n) is 6.61. The number of benzene rings is 2. The first-order valence-electron chi connectivity index (χ1n) is 11.9. The predicted molar refractivity (Wildman–Crippen MR) is 132 cm³/mol. The highest BCUT2D eigenvalue weighted by atomic mass is 16.5. The zero-order valence-electron chi connectivity index (χ0n) is 20.8. The van der Waals surface area contributed by atoms with Crippen molar-refractivity contribution in [3.63, 3.8) is 0 Å². The van der Waals surface area contributed by atoms with E-state index in [1.54, 1.807) is 24.9 Å². The Hall–Kier alpha value is -3.68. The molecule has 0 radical (unpaired) electrons. The van der Waals surface area contributed by atoms with Gasteiger partial charge in [0, 0.05) is 18.5 Å². The Morgan fingerprint density at radius 1 is 1.11 bits per heavy atom. The molecule has 3 aromatic rings. The van der Waals surface area contributed by atoms with Crippen molar-refractivity contribution in [3.8, 4) is 0 Å². The van der Waals surface area contributed by atoms with E-state index in [2.05, 4.69) is 16.3 Å². The van der Waals surface area contributed by atoms with Crippen molar-refractivity contribution < 1.29 is 19.1 Å². The lowest BCUT2D eigenvalue weighted by atomic mass is 9.84. The fraction of sp³-hybridized carbons (Fsp3) is 0.407. The van der Waals surface area contributed by atoms with Crippen LogP contribution in [0.25, 0.3) is 10.9 Å². The van der Waals surface area contributed by atoms with Gasteiger partial charge in [-0.1, -0.05) is 41.5 Å². The Bertz CT molecular complexity index is 1250. The van der Waals surface area contributed by atoms with Crippen molar-refractivity contribution in [2.24, 2.45) is 0 Å². The Balaban J connectivity index is 1.54. The zero-order valence-corrected chi connectivity index (χ0v) is 20.8. The van der Waals surface area contributed by atoms with Crippen LogP contribution in [0.15, 0.2) is 42.6 Å². The maximum atomic E-state index is 13.8. The van der Waals surface area contributed by atoms with E-state index < -0.39 is 11.5 Å². The SMILES string of the molecule is CCOC(=O)CN(Cc1ccc2cn[nH]c2c1)C(=O)C1(C)CCN1C(=O)Cc1cc(C)cc(C)c1. The number of amides is 2. The number of fused-ring (bicyclic) bond motifs is 1. The number of rotatable bonds is 8. The summed E-state index contributed by atoms with van der Waals surface area (Å²) < 4.78 is 5.13. The third-order valence-corrected chi connectivity index (χ3v) is 6.61. The van der Waals surface area contributed by atoms with Crippen LogP contribution in [-0.4, -0.2) is 63.0 Å². The van der Waals surface area contributed by atoms with Crippen molar-refractivity contribution >= 4 is 28.7 Å². The van der Waals surface area contributed by atoms with Crippen LogP contribution >= 0.6 is 0 Å². The van der Waals surface area contributed by atoms with Crippen molar-refractivity contribution in [2.75, 3.05) is 19.7 Å². The summed E-state index contributed by atoms with van der Waals surface area (Å²) in [5.74, 6) is -0.818. The number of hydrogen-bond acceptors (Lipinski definition) is 5. The number of aryl methyl sites for hydroxylation is 2. The summed E-state index contributed by atoms with van der Waals surface area (Å²) in [4.78, 5) is 42.5. The molecule has 1 unspecified atom stereocenters. The highest BCUT2D eigenvalue weighted by Gasteiger charge is 2.51. The summed E-state index contributed by atoms with van der Waals surface area (Å²) in [5, 5.41) is 7.94. The van der Waals surface area contributed by atoms with Crippen LogP contribution in [0, 0.1) is 13.8 Å². The lowest BCUT2D eigenvalue weighted by Gasteiger charge is -2.51. The minimum atomic E-state index is -0.999. The molecule has 0 spiro atoms. The molecule has 2 aromatic carbocycles. The first-order chi connectivity index (χ1) is 16.7. The number of aromatic amines is 1. The molecule has 1 N–H and O–H groups in total. The smallest absolute Gasteiger partial charge is 0.325 e. The maximum Gasteiger partial charge on any atom is 0.325 e. The van der Waals surface area contributed by atoms with E-state index in [9.17, 15) is 14.4 Å². The normalized spacial score (nSPS) is 17.2. The number of carbonyl (C=O) groups is 3. The van der Waals surface area contributed by atoms with Gasteiger partial charge in [-0.2, -0.15) is 5.10 Å². The summed E-state index contributed by atoms with van der Waals surface area (Å²) in [6.45, 7) is 8.32. The van der Waals surface area contributed by atoms with Crippen molar-refractivity contribution in [1.82, 2.24) is 20.0 Å². The second-order valence-electron chi connectivity index (χ2n) is 9.50. The molecule has 184 valence electrons. The van der Waals surface area contributed by atoms with Crippen LogP contribution < -0.4 is 0 Å². The van der Waals surface area contributed by atoms with Crippen LogP contribution in [0.2, 0.25) is 0 Å². The minimum Gasteiger partial charge on any atom is -0.465 e. The van der Waals surface area contributed by atoms with Gasteiger partial charge in [-0.05, 0) is 51.3 Å². The molecular formula is C27H32N4O4. The lowest BCUT2D eigenvalue weighted by molar-refractivity contribution is -0.166. The molecule has 1 saturated heterocycles. The summed E-state index contributed by atoms with van der Waals surface area (Å²) in [6, 6.07) is 11.8. The van der Waals surface area contributed by atoms with Crippen molar-refractivity contribution in [3.05, 3.63) is 64.8 Å². The molecule has 0 bridgehead atoms. The fourth-order valence-electron chi connectivity index (χ4n) is 4.83. The number of ether oxygens (including phenoxy) is 1. The highest BCUT2D eigenvalue weighted by molar-refractivity contribution is 5.95. The van der Waals surface area contributed by atoms with Gasteiger partial charge in [0.2, 0.25) is 11.8 Å². The molecule has 1 aliphatic rings. The van der Waals surface area contributed by atoms with E-state index in [-0.39, 0.29) is 37.9 Å². The number of nitrogens with zero attached hydrogens (tertiary/aromatic N) is 3. The van der Waals surface area contributed by atoms with Crippen LogP contribution in [0.4, 0.5) is 0 Å². The molecule has 8 nitrogen and oxygen atoms in total. The first kappa shape index (κ1) is 24.4. The number of carbonyl (C=O) groups excluding carboxylic acids is 3. The van der Waals surface area contributed by atoms with E-state index in [1.165, 1.54) is 4.90 Å². The Labute approximate surface area is 205 Å². The third kappa shape index (κ3) is 5.21. The van der Waals surface area contributed by atoms with Crippen LogP contribution in [-0.2, 0) is 32.1 Å². The van der Waals surface area contributed by atoms with E-state index in [0.29, 0.717) is 13.0 Å². The molecular weight excluding hydrogens is 444 g/mol. The zero-order chi connectivity index (χ0) is 25.2. The molecule has 1 fully saturated rings. The van der Waals surface area contributed by atoms with Crippen molar-refractivity contribution in [1.29, 1.82) is 0 Å². The minimum absolute atomic E-state index is 0.0907. The van der Waals surface area contributed by atoms with E-state index in [1.807, 2.05) is 44.2 Å². The number of nitrogens with one attached hydrogen (secondary N) is 1. The average molecular weight is 477 g/mol. The Morgan fingerprint density at radius 2 is 1.86 bits per heavy atom. The standard InChI is InChI=1S/C27H32N4O4/c1-5-35-25(33)17-30(16-20-6-7-22-15-28-29-23(22)13-20)26(34)27(4)8-9-31(27)24(32)14-21-11-18(2)10-19(3)12-21/h6-7,10-13,15H,5,8-9,14,16-17H2,1-4H3,(H,28,29). The van der Waals surface area contributed by atoms with Gasteiger partial charge in [0.15, 0.2) is 0 Å². The van der Waals surface area contributed by atoms with Crippen LogP contribution in [0.1, 0.15) is 42.5 Å². The van der Waals surface area contributed by atoms with E-state index in [0.717, 1.165) is 33.2 Å². The van der Waals surface area contributed by atoms with Crippen LogP contribution in [0.3, 0.4) is 0 Å². The maximum absolute atomic E-state index is 13.8. The largest absolute Gasteiger partial charge is 0.465 e. The molecule has 2 heterocycles. The summed E-state index contributed by atoms with van der Waals surface area (Å²) >= 11 is 0. The van der Waals surface area contributed by atoms with E-state index >= 15 is 0 Å². The number of hydrogen-bond donors (Lipinski definition) is 1. The van der Waals surface area contributed by atoms with Gasteiger partial charge in [0.25, 0.3) is 0 Å². The van der Waals surface area contributed by atoms with Gasteiger partial charge in [0.1, 0.15) is 12.1 Å². The molecule has 1 atom stereocenters. The molecule has 0 saturated carbocycles. The lowest BCUT2D eigenvalue weighted by Crippen LogP contribution is -2.68. The number of likely N-dealkylation sites (tertiary alicyclic amines) is 1. The van der Waals surface area contributed by atoms with Gasteiger partial charge >= 0.3 is 5.97 Å². The topological polar surface area (TPSA) is 95.6 Å². The van der Waals surface area contributed by atoms with Crippen LogP contribution in [0.5, 0.6) is 0 Å². The molecule has 0 aliphatic carbocycles. The summed E-state index contributed by atoms with van der Waals surface area (Å²) in [5.41, 5.74) is 3.85. The molecule has 8 heteroatoms. The number of esters is 1. The van der Waals surface area contributed by atoms with Gasteiger partial charge in [-0.25, -0.2) is 0 Å². The quantitative estimate of drug-likeness (QED) is 0.504. The van der Waals surface area contributed by atoms with Gasteiger partial charge < -0.3 is 14.5 Å². The molecule has 1 aromatic heterocycles. The molecule has 35 heavy (non-hydrogen) atoms. The van der Waals surface area contributed by atoms with Gasteiger partial charge in [0.05, 0.1) is 24.7 Å². The predicted octanol–water partition coefficient (Wildman–Crippen LogP) is 3.31. The second-order valence-corrected chi connectivity index (χ2v) is 9.50. The Kier molecular flexibility index (Phi) is 6.91. The fourth-order valence-corrected chi connectivity index (χ4v) is 4.83. The first-order valence-corrected chi connectivity index (χ1v) is 11.9. The Morgan fingerprint density at radius 3 is 2.51 bits per heavy atom. The number of aromatic nitrogens is 2. The second kappa shape index (κ2) is 9.90. The molecule has 1 aliphatic heterocycles. The highest BCUT2D eigenvalue weighted by Crippen LogP contribution is 2.34. The summed E-state index contributed by atoms with van der Waals surface area (Å²) in [6.07, 6.45) is 2.51. The molecule has 4 rings (SSSR count). The van der Waals surface area contributed by atoms with E-state index in [4.69, 9.17) is 4.74 Å². The molecule has 2 amide bonds. The van der Waals surface area contributed by atoms with Gasteiger partial charge in [-0.3, -0.25) is 19.5 Å². The average Bonchev–Trinajstić information content (AvgIpc) is 3.24. The summed E-state index contributed by atoms with van der Waals surface area (Å²) in [7, 11) is 0. The van der Waals surface area contributed by atoms with Gasteiger partial charge in [-0.15, -0.1) is 0 Å². The van der Waals surface area contributed by atoms with Crippen molar-refractivity contribution in [2.45, 2.75) is 52.6 Å².